The third-order valence-corrected chi connectivity index (χ3v) is 1.83. The van der Waals surface area contributed by atoms with E-state index in [9.17, 15) is 9.90 Å². The summed E-state index contributed by atoms with van der Waals surface area (Å²) in [5.41, 5.74) is 5.33. The fourth-order valence-corrected chi connectivity index (χ4v) is 1.19. The van der Waals surface area contributed by atoms with Gasteiger partial charge in [-0.05, 0) is 12.1 Å². The van der Waals surface area contributed by atoms with Crippen LogP contribution in [0.2, 0.25) is 0 Å². The zero-order chi connectivity index (χ0) is 10.7. The van der Waals surface area contributed by atoms with Gasteiger partial charge >= 0.3 is 5.97 Å². The highest BCUT2D eigenvalue weighted by atomic mass is 16.4. The average Bonchev–Trinajstić information content (AvgIpc) is 2.16. The Balaban J connectivity index is 3.53. The van der Waals surface area contributed by atoms with Crippen LogP contribution in [0.1, 0.15) is 21.5 Å². The van der Waals surface area contributed by atoms with E-state index >= 15 is 0 Å². The van der Waals surface area contributed by atoms with Crippen LogP contribution in [-0.2, 0) is 6.54 Å². The first kappa shape index (κ1) is 10.0. The molecule has 0 fully saturated rings. The van der Waals surface area contributed by atoms with Crippen LogP contribution in [0.5, 0.6) is 5.75 Å². The Kier molecular flexibility index (Phi) is 2.70. The molecule has 0 saturated heterocycles. The summed E-state index contributed by atoms with van der Waals surface area (Å²) in [4.78, 5) is 10.7. The lowest BCUT2D eigenvalue weighted by atomic mass is 10.0. The topological polar surface area (TPSA) is 107 Å². The Morgan fingerprint density at radius 2 is 2.21 bits per heavy atom. The van der Waals surface area contributed by atoms with E-state index in [0.29, 0.717) is 0 Å². The largest absolute Gasteiger partial charge is 0.507 e. The van der Waals surface area contributed by atoms with Crippen LogP contribution >= 0.6 is 0 Å². The molecule has 1 aromatic carbocycles. The lowest BCUT2D eigenvalue weighted by Gasteiger charge is -2.07. The van der Waals surface area contributed by atoms with Gasteiger partial charge < -0.3 is 15.9 Å². The zero-order valence-electron chi connectivity index (χ0n) is 7.19. The fourth-order valence-electron chi connectivity index (χ4n) is 1.19. The molecular weight excluding hydrogens is 184 g/mol. The highest BCUT2D eigenvalue weighted by Gasteiger charge is 2.17. The SMILES string of the molecule is N#Cc1ccc(O)c(C(=O)O)c1CN. The Bertz CT molecular complexity index is 421. The maximum absolute atomic E-state index is 10.7. The molecule has 0 heterocycles. The summed E-state index contributed by atoms with van der Waals surface area (Å²) in [7, 11) is 0. The van der Waals surface area contributed by atoms with Gasteiger partial charge in [0.25, 0.3) is 0 Å². The molecule has 5 heteroatoms. The second-order valence-electron chi connectivity index (χ2n) is 2.61. The molecule has 0 aromatic heterocycles. The zero-order valence-corrected chi connectivity index (χ0v) is 7.19. The molecule has 0 bridgehead atoms. The average molecular weight is 192 g/mol. The summed E-state index contributed by atoms with van der Waals surface area (Å²) in [6.45, 7) is -0.0983. The highest BCUT2D eigenvalue weighted by Crippen LogP contribution is 2.23. The number of rotatable bonds is 2. The van der Waals surface area contributed by atoms with Crippen LogP contribution in [0.4, 0.5) is 0 Å². The minimum absolute atomic E-state index is 0.0983. The number of aromatic carboxylic acids is 1. The van der Waals surface area contributed by atoms with Crippen LogP contribution in [0, 0.1) is 11.3 Å². The molecule has 0 aliphatic heterocycles. The molecule has 0 amide bonds. The number of hydrogen-bond acceptors (Lipinski definition) is 4. The van der Waals surface area contributed by atoms with Crippen molar-refractivity contribution in [1.82, 2.24) is 0 Å². The van der Waals surface area contributed by atoms with Crippen molar-refractivity contribution < 1.29 is 15.0 Å². The maximum Gasteiger partial charge on any atom is 0.339 e. The number of aromatic hydroxyl groups is 1. The van der Waals surface area contributed by atoms with Crippen LogP contribution in [0.15, 0.2) is 12.1 Å². The van der Waals surface area contributed by atoms with Gasteiger partial charge in [-0.1, -0.05) is 0 Å². The number of nitrogens with zero attached hydrogens (tertiary/aromatic N) is 1. The quantitative estimate of drug-likeness (QED) is 0.629. The van der Waals surface area contributed by atoms with Gasteiger partial charge in [0.1, 0.15) is 11.3 Å². The highest BCUT2D eigenvalue weighted by molar-refractivity contribution is 5.93. The van der Waals surface area contributed by atoms with Gasteiger partial charge in [0.15, 0.2) is 0 Å². The summed E-state index contributed by atoms with van der Waals surface area (Å²) >= 11 is 0. The third kappa shape index (κ3) is 1.51. The Morgan fingerprint density at radius 3 is 2.64 bits per heavy atom. The van der Waals surface area contributed by atoms with Gasteiger partial charge in [-0.2, -0.15) is 5.26 Å². The molecule has 0 aliphatic carbocycles. The molecule has 1 aromatic rings. The maximum atomic E-state index is 10.7. The minimum atomic E-state index is -1.29. The van der Waals surface area contributed by atoms with Crippen molar-refractivity contribution in [3.63, 3.8) is 0 Å². The summed E-state index contributed by atoms with van der Waals surface area (Å²) < 4.78 is 0. The molecule has 0 unspecified atom stereocenters. The van der Waals surface area contributed by atoms with Crippen molar-refractivity contribution >= 4 is 5.97 Å². The standard InChI is InChI=1S/C9H8N2O3/c10-3-5-1-2-7(12)8(9(13)14)6(5)4-11/h1-2,12H,4,11H2,(H,13,14). The first-order valence-electron chi connectivity index (χ1n) is 3.80. The Morgan fingerprint density at radius 1 is 1.57 bits per heavy atom. The van der Waals surface area contributed by atoms with Crippen molar-refractivity contribution in [1.29, 1.82) is 5.26 Å². The molecule has 0 spiro atoms. The predicted octanol–water partition coefficient (Wildman–Crippen LogP) is 0.421. The lowest BCUT2D eigenvalue weighted by molar-refractivity contribution is 0.0692. The predicted molar refractivity (Wildman–Crippen MR) is 47.7 cm³/mol. The van der Waals surface area contributed by atoms with Crippen molar-refractivity contribution in [2.45, 2.75) is 6.54 Å². The van der Waals surface area contributed by atoms with E-state index in [1.165, 1.54) is 12.1 Å². The van der Waals surface area contributed by atoms with Gasteiger partial charge in [0.05, 0.1) is 11.6 Å². The molecule has 14 heavy (non-hydrogen) atoms. The lowest BCUT2D eigenvalue weighted by Crippen LogP contribution is -2.09. The summed E-state index contributed by atoms with van der Waals surface area (Å²) in [6.07, 6.45) is 0. The number of carboxylic acids is 1. The number of hydrogen-bond donors (Lipinski definition) is 3. The Labute approximate surface area is 80.0 Å². The summed E-state index contributed by atoms with van der Waals surface area (Å²) in [5, 5.41) is 26.7. The van der Waals surface area contributed by atoms with Gasteiger partial charge in [-0.25, -0.2) is 4.79 Å². The second kappa shape index (κ2) is 3.77. The monoisotopic (exact) mass is 192 g/mol. The van der Waals surface area contributed by atoms with Crippen molar-refractivity contribution in [3.8, 4) is 11.8 Å². The van der Waals surface area contributed by atoms with Crippen molar-refractivity contribution in [2.24, 2.45) is 5.73 Å². The molecule has 0 atom stereocenters. The molecule has 1 rings (SSSR count). The molecule has 4 N–H and O–H groups in total. The van der Waals surface area contributed by atoms with Crippen LogP contribution in [0.3, 0.4) is 0 Å². The minimum Gasteiger partial charge on any atom is -0.507 e. The van der Waals surface area contributed by atoms with E-state index < -0.39 is 5.97 Å². The van der Waals surface area contributed by atoms with E-state index in [4.69, 9.17) is 16.1 Å². The molecule has 5 nitrogen and oxygen atoms in total. The first-order valence-corrected chi connectivity index (χ1v) is 3.80. The van der Waals surface area contributed by atoms with Gasteiger partial charge in [0.2, 0.25) is 0 Å². The molecule has 0 radical (unpaired) electrons. The molecule has 0 saturated carbocycles. The number of phenols is 1. The van der Waals surface area contributed by atoms with Gasteiger partial charge in [-0.15, -0.1) is 0 Å². The number of carboxylic acid groups (broad SMARTS) is 1. The van der Waals surface area contributed by atoms with E-state index in [1.807, 2.05) is 6.07 Å². The van der Waals surface area contributed by atoms with Crippen molar-refractivity contribution in [3.05, 3.63) is 28.8 Å². The summed E-state index contributed by atoms with van der Waals surface area (Å²) in [5.74, 6) is -1.67. The van der Waals surface area contributed by atoms with E-state index in [0.717, 1.165) is 0 Å². The van der Waals surface area contributed by atoms with Gasteiger partial charge in [0, 0.05) is 12.1 Å². The van der Waals surface area contributed by atoms with Crippen LogP contribution in [0.25, 0.3) is 0 Å². The number of carbonyl (C=O) groups is 1. The molecule has 0 aliphatic rings. The molecule has 72 valence electrons. The van der Waals surface area contributed by atoms with Crippen LogP contribution in [-0.4, -0.2) is 16.2 Å². The summed E-state index contributed by atoms with van der Waals surface area (Å²) in [6, 6.07) is 4.32. The second-order valence-corrected chi connectivity index (χ2v) is 2.61. The van der Waals surface area contributed by atoms with E-state index in [1.54, 1.807) is 0 Å². The van der Waals surface area contributed by atoms with Crippen molar-refractivity contribution in [2.75, 3.05) is 0 Å². The number of nitrogens with two attached hydrogens (primary N) is 1. The number of benzene rings is 1. The Hall–Kier alpha value is -2.06. The van der Waals surface area contributed by atoms with E-state index in [-0.39, 0.29) is 29.0 Å². The van der Waals surface area contributed by atoms with Crippen LogP contribution < -0.4 is 5.73 Å². The van der Waals surface area contributed by atoms with Gasteiger partial charge in [-0.3, -0.25) is 0 Å². The fraction of sp³-hybridized carbons (Fsp3) is 0.111. The molecular formula is C9H8N2O3. The smallest absolute Gasteiger partial charge is 0.339 e. The first-order chi connectivity index (χ1) is 6.61. The van der Waals surface area contributed by atoms with E-state index in [2.05, 4.69) is 0 Å². The normalized spacial score (nSPS) is 9.43. The third-order valence-electron chi connectivity index (χ3n) is 1.83. The number of nitriles is 1.